The van der Waals surface area contributed by atoms with Gasteiger partial charge < -0.3 is 9.80 Å². The van der Waals surface area contributed by atoms with E-state index in [9.17, 15) is 9.59 Å². The van der Waals surface area contributed by atoms with Crippen LogP contribution in [0.2, 0.25) is 0 Å². The van der Waals surface area contributed by atoms with Crippen LogP contribution in [-0.4, -0.2) is 46.2 Å². The van der Waals surface area contributed by atoms with Crippen molar-refractivity contribution in [1.29, 1.82) is 0 Å². The molecular weight excluding hydrogens is 242 g/mol. The van der Waals surface area contributed by atoms with Crippen molar-refractivity contribution in [1.82, 2.24) is 14.8 Å². The van der Waals surface area contributed by atoms with Gasteiger partial charge in [0.25, 0.3) is 0 Å². The van der Waals surface area contributed by atoms with Crippen LogP contribution in [0.25, 0.3) is 0 Å². The highest BCUT2D eigenvalue weighted by Crippen LogP contribution is 2.09. The van der Waals surface area contributed by atoms with Gasteiger partial charge in [0.1, 0.15) is 6.54 Å². The Morgan fingerprint density at radius 1 is 1.32 bits per heavy atom. The Morgan fingerprint density at radius 3 is 2.63 bits per heavy atom. The van der Waals surface area contributed by atoms with Gasteiger partial charge in [0, 0.05) is 26.2 Å². The molecule has 0 radical (unpaired) electrons. The van der Waals surface area contributed by atoms with Crippen molar-refractivity contribution in [2.45, 2.75) is 26.3 Å². The fourth-order valence-corrected chi connectivity index (χ4v) is 2.20. The number of rotatable bonds is 4. The van der Waals surface area contributed by atoms with E-state index in [1.807, 2.05) is 23.1 Å². The van der Waals surface area contributed by atoms with Crippen molar-refractivity contribution in [3.05, 3.63) is 30.1 Å². The van der Waals surface area contributed by atoms with Crippen LogP contribution in [0, 0.1) is 0 Å². The van der Waals surface area contributed by atoms with E-state index >= 15 is 0 Å². The van der Waals surface area contributed by atoms with Gasteiger partial charge in [-0.1, -0.05) is 6.07 Å². The number of carbonyl (C=O) groups excluding carboxylic acids is 2. The molecule has 1 saturated heterocycles. The number of hydrogen-bond acceptors (Lipinski definition) is 3. The van der Waals surface area contributed by atoms with E-state index in [1.54, 1.807) is 11.1 Å². The highest BCUT2D eigenvalue weighted by atomic mass is 16.2. The molecule has 19 heavy (non-hydrogen) atoms. The van der Waals surface area contributed by atoms with E-state index in [4.69, 9.17) is 0 Å². The summed E-state index contributed by atoms with van der Waals surface area (Å²) in [4.78, 5) is 31.2. The predicted molar refractivity (Wildman–Crippen MR) is 71.1 cm³/mol. The van der Waals surface area contributed by atoms with Crippen molar-refractivity contribution in [2.75, 3.05) is 19.6 Å². The number of nitrogens with zero attached hydrogens (tertiary/aromatic N) is 3. The van der Waals surface area contributed by atoms with Crippen LogP contribution in [-0.2, 0) is 16.1 Å². The van der Waals surface area contributed by atoms with E-state index in [0.717, 1.165) is 31.6 Å². The molecule has 1 fully saturated rings. The van der Waals surface area contributed by atoms with Crippen molar-refractivity contribution in [3.8, 4) is 0 Å². The molecule has 2 rings (SSSR count). The van der Waals surface area contributed by atoms with E-state index in [-0.39, 0.29) is 18.4 Å². The lowest BCUT2D eigenvalue weighted by molar-refractivity contribution is -0.139. The van der Waals surface area contributed by atoms with Crippen LogP contribution in [0.15, 0.2) is 24.4 Å². The maximum absolute atomic E-state index is 12.1. The zero-order valence-electron chi connectivity index (χ0n) is 11.2. The monoisotopic (exact) mass is 261 g/mol. The molecular formula is C14H19N3O2. The van der Waals surface area contributed by atoms with Crippen LogP contribution in [0.5, 0.6) is 0 Å². The molecule has 0 bridgehead atoms. The standard InChI is InChI=1S/C14H19N3O2/c1-12(18)17(10-13-6-2-3-7-15-13)11-14(19)16-8-4-5-9-16/h2-3,6-7H,4-5,8-11H2,1H3. The van der Waals surface area contributed by atoms with E-state index < -0.39 is 0 Å². The molecule has 1 aromatic heterocycles. The minimum absolute atomic E-state index is 0.0311. The first kappa shape index (κ1) is 13.5. The summed E-state index contributed by atoms with van der Waals surface area (Å²) in [5.41, 5.74) is 0.798. The third-order valence-electron chi connectivity index (χ3n) is 3.31. The van der Waals surface area contributed by atoms with E-state index in [2.05, 4.69) is 4.98 Å². The second-order valence-corrected chi connectivity index (χ2v) is 4.78. The Kier molecular flexibility index (Phi) is 4.49. The average Bonchev–Trinajstić information content (AvgIpc) is 2.93. The van der Waals surface area contributed by atoms with Gasteiger partial charge in [0.15, 0.2) is 0 Å². The number of carbonyl (C=O) groups is 2. The van der Waals surface area contributed by atoms with E-state index in [0.29, 0.717) is 6.54 Å². The molecule has 0 aliphatic carbocycles. The quantitative estimate of drug-likeness (QED) is 0.814. The van der Waals surface area contributed by atoms with Crippen LogP contribution in [0.3, 0.4) is 0 Å². The van der Waals surface area contributed by atoms with Crippen molar-refractivity contribution < 1.29 is 9.59 Å². The minimum Gasteiger partial charge on any atom is -0.341 e. The fourth-order valence-electron chi connectivity index (χ4n) is 2.20. The molecule has 5 nitrogen and oxygen atoms in total. The summed E-state index contributed by atoms with van der Waals surface area (Å²) in [5, 5.41) is 0. The molecule has 0 N–H and O–H groups in total. The molecule has 102 valence electrons. The lowest BCUT2D eigenvalue weighted by atomic mass is 10.3. The van der Waals surface area contributed by atoms with Crippen molar-refractivity contribution >= 4 is 11.8 Å². The van der Waals surface area contributed by atoms with Crippen LogP contribution in [0.4, 0.5) is 0 Å². The first-order valence-electron chi connectivity index (χ1n) is 6.60. The lowest BCUT2D eigenvalue weighted by Gasteiger charge is -2.23. The van der Waals surface area contributed by atoms with Gasteiger partial charge in [-0.2, -0.15) is 0 Å². The third-order valence-corrected chi connectivity index (χ3v) is 3.31. The lowest BCUT2D eigenvalue weighted by Crippen LogP contribution is -2.40. The molecule has 2 amide bonds. The average molecular weight is 261 g/mol. The second-order valence-electron chi connectivity index (χ2n) is 4.78. The van der Waals surface area contributed by atoms with Gasteiger partial charge in [-0.05, 0) is 25.0 Å². The number of pyridine rings is 1. The van der Waals surface area contributed by atoms with Crippen LogP contribution in [0.1, 0.15) is 25.5 Å². The van der Waals surface area contributed by atoms with Gasteiger partial charge >= 0.3 is 0 Å². The molecule has 0 aromatic carbocycles. The fraction of sp³-hybridized carbons (Fsp3) is 0.500. The third kappa shape index (κ3) is 3.77. The van der Waals surface area contributed by atoms with Crippen LogP contribution < -0.4 is 0 Å². The second kappa shape index (κ2) is 6.31. The minimum atomic E-state index is -0.0989. The summed E-state index contributed by atoms with van der Waals surface area (Å²) < 4.78 is 0. The van der Waals surface area contributed by atoms with E-state index in [1.165, 1.54) is 6.92 Å². The Labute approximate surface area is 113 Å². The zero-order valence-corrected chi connectivity index (χ0v) is 11.2. The van der Waals surface area contributed by atoms with Crippen molar-refractivity contribution in [3.63, 3.8) is 0 Å². The predicted octanol–water partition coefficient (Wildman–Crippen LogP) is 1.05. The number of aromatic nitrogens is 1. The van der Waals surface area contributed by atoms with Gasteiger partial charge in [0.05, 0.1) is 12.2 Å². The summed E-state index contributed by atoms with van der Waals surface area (Å²) in [6.45, 7) is 3.64. The summed E-state index contributed by atoms with van der Waals surface area (Å²) >= 11 is 0. The molecule has 1 aromatic rings. The number of hydrogen-bond donors (Lipinski definition) is 0. The van der Waals surface area contributed by atoms with Crippen LogP contribution >= 0.6 is 0 Å². The highest BCUT2D eigenvalue weighted by molar-refractivity contribution is 5.83. The van der Waals surface area contributed by atoms with Gasteiger partial charge in [-0.15, -0.1) is 0 Å². The zero-order chi connectivity index (χ0) is 13.7. The first-order valence-corrected chi connectivity index (χ1v) is 6.60. The molecule has 0 atom stereocenters. The molecule has 0 unspecified atom stereocenters. The number of amides is 2. The summed E-state index contributed by atoms with van der Waals surface area (Å²) in [6.07, 6.45) is 3.81. The highest BCUT2D eigenvalue weighted by Gasteiger charge is 2.21. The Bertz CT molecular complexity index is 441. The Balaban J connectivity index is 1.96. The molecule has 2 heterocycles. The first-order chi connectivity index (χ1) is 9.16. The maximum atomic E-state index is 12.1. The summed E-state index contributed by atoms with van der Waals surface area (Å²) in [6, 6.07) is 5.57. The largest absolute Gasteiger partial charge is 0.341 e. The molecule has 1 aliphatic rings. The molecule has 5 heteroatoms. The summed E-state index contributed by atoms with van der Waals surface area (Å²) in [7, 11) is 0. The SMILES string of the molecule is CC(=O)N(CC(=O)N1CCCC1)Cc1ccccn1. The molecule has 1 aliphatic heterocycles. The Morgan fingerprint density at radius 2 is 2.05 bits per heavy atom. The van der Waals surface area contributed by atoms with Crippen molar-refractivity contribution in [2.24, 2.45) is 0 Å². The topological polar surface area (TPSA) is 53.5 Å². The summed E-state index contributed by atoms with van der Waals surface area (Å²) in [5.74, 6) is -0.0677. The molecule has 0 spiro atoms. The maximum Gasteiger partial charge on any atom is 0.242 e. The van der Waals surface area contributed by atoms with Gasteiger partial charge in [-0.3, -0.25) is 14.6 Å². The number of likely N-dealkylation sites (tertiary alicyclic amines) is 1. The Hall–Kier alpha value is -1.91. The van der Waals surface area contributed by atoms with Gasteiger partial charge in [-0.25, -0.2) is 0 Å². The molecule has 0 saturated carbocycles. The van der Waals surface area contributed by atoms with Gasteiger partial charge in [0.2, 0.25) is 11.8 Å². The smallest absolute Gasteiger partial charge is 0.242 e. The normalized spacial score (nSPS) is 14.5.